The molecule has 1 aromatic heterocycles. The summed E-state index contributed by atoms with van der Waals surface area (Å²) in [5, 5.41) is 4.32. The van der Waals surface area contributed by atoms with Crippen molar-refractivity contribution < 1.29 is 4.79 Å². The molecule has 0 aliphatic heterocycles. The van der Waals surface area contributed by atoms with Crippen molar-refractivity contribution in [2.24, 2.45) is 0 Å². The molecule has 1 heterocycles. The molecule has 2 aromatic carbocycles. The van der Waals surface area contributed by atoms with E-state index < -0.39 is 0 Å². The highest BCUT2D eigenvalue weighted by molar-refractivity contribution is 9.10. The normalized spacial score (nSPS) is 11.0. The maximum Gasteiger partial charge on any atom is 0.246 e. The minimum absolute atomic E-state index is 0.0459. The summed E-state index contributed by atoms with van der Waals surface area (Å²) < 4.78 is 2.82. The molecule has 3 aromatic rings. The van der Waals surface area contributed by atoms with Crippen molar-refractivity contribution in [3.05, 3.63) is 88.7 Å². The zero-order chi connectivity index (χ0) is 17.6. The molecule has 0 saturated carbocycles. The average Bonchev–Trinajstić information content (AvgIpc) is 3.11. The van der Waals surface area contributed by atoms with Crippen LogP contribution >= 0.6 is 15.9 Å². The SMILES string of the molecule is CN(Cc1ccc(Br)cc1)C(=O)/C=C/c1cnn(-c2ccccc2)c1. The fraction of sp³-hybridized carbons (Fsp3) is 0.100. The minimum Gasteiger partial charge on any atom is -0.338 e. The van der Waals surface area contributed by atoms with Gasteiger partial charge >= 0.3 is 0 Å². The molecule has 4 nitrogen and oxygen atoms in total. The Morgan fingerprint density at radius 3 is 2.60 bits per heavy atom. The molecule has 5 heteroatoms. The molecule has 3 rings (SSSR count). The second-order valence-corrected chi connectivity index (χ2v) is 6.62. The number of carbonyl (C=O) groups excluding carboxylic acids is 1. The fourth-order valence-corrected chi connectivity index (χ4v) is 2.65. The predicted octanol–water partition coefficient (Wildman–Crippen LogP) is 4.31. The van der Waals surface area contributed by atoms with Gasteiger partial charge in [0.2, 0.25) is 5.91 Å². The van der Waals surface area contributed by atoms with Gasteiger partial charge in [-0.25, -0.2) is 4.68 Å². The lowest BCUT2D eigenvalue weighted by Crippen LogP contribution is -2.24. The first-order valence-corrected chi connectivity index (χ1v) is 8.69. The van der Waals surface area contributed by atoms with Gasteiger partial charge < -0.3 is 4.90 Å². The van der Waals surface area contributed by atoms with Gasteiger partial charge in [0.1, 0.15) is 0 Å². The van der Waals surface area contributed by atoms with E-state index in [1.807, 2.05) is 60.8 Å². The lowest BCUT2D eigenvalue weighted by Gasteiger charge is -2.15. The monoisotopic (exact) mass is 395 g/mol. The van der Waals surface area contributed by atoms with Gasteiger partial charge in [-0.05, 0) is 35.9 Å². The topological polar surface area (TPSA) is 38.1 Å². The Morgan fingerprint density at radius 2 is 1.88 bits per heavy atom. The molecule has 0 fully saturated rings. The summed E-state index contributed by atoms with van der Waals surface area (Å²) in [6.07, 6.45) is 7.00. The molecule has 126 valence electrons. The molecule has 0 N–H and O–H groups in total. The molecular weight excluding hydrogens is 378 g/mol. The number of halogens is 1. The summed E-state index contributed by atoms with van der Waals surface area (Å²) >= 11 is 3.41. The van der Waals surface area contributed by atoms with Crippen LogP contribution in [-0.4, -0.2) is 27.6 Å². The molecule has 1 amide bonds. The standard InChI is InChI=1S/C20H18BrN3O/c1-23(14-16-7-10-18(21)11-8-16)20(25)12-9-17-13-22-24(15-17)19-5-3-2-4-6-19/h2-13,15H,14H2,1H3/b12-9+. The number of amides is 1. The molecule has 0 spiro atoms. The molecule has 0 aliphatic carbocycles. The van der Waals surface area contributed by atoms with Gasteiger partial charge in [0.15, 0.2) is 0 Å². The molecule has 0 aliphatic rings. The van der Waals surface area contributed by atoms with Crippen LogP contribution in [0.1, 0.15) is 11.1 Å². The lowest BCUT2D eigenvalue weighted by molar-refractivity contribution is -0.125. The molecule has 25 heavy (non-hydrogen) atoms. The Kier molecular flexibility index (Phi) is 5.46. The van der Waals surface area contributed by atoms with Crippen LogP contribution in [0, 0.1) is 0 Å². The molecule has 0 radical (unpaired) electrons. The summed E-state index contributed by atoms with van der Waals surface area (Å²) in [7, 11) is 1.79. The molecule has 0 unspecified atom stereocenters. The Hall–Kier alpha value is -2.66. The Balaban J connectivity index is 1.62. The number of para-hydroxylation sites is 1. The third kappa shape index (κ3) is 4.67. The number of aromatic nitrogens is 2. The average molecular weight is 396 g/mol. The number of rotatable bonds is 5. The zero-order valence-electron chi connectivity index (χ0n) is 13.8. The van der Waals surface area contributed by atoms with Crippen molar-refractivity contribution in [1.29, 1.82) is 0 Å². The summed E-state index contributed by atoms with van der Waals surface area (Å²) in [5.74, 6) is -0.0459. The van der Waals surface area contributed by atoms with E-state index >= 15 is 0 Å². The number of likely N-dealkylation sites (N-methyl/N-ethyl adjacent to an activating group) is 1. The van der Waals surface area contributed by atoms with E-state index in [4.69, 9.17) is 0 Å². The largest absolute Gasteiger partial charge is 0.338 e. The van der Waals surface area contributed by atoms with Crippen LogP contribution in [0.2, 0.25) is 0 Å². The third-order valence-electron chi connectivity index (χ3n) is 3.75. The Labute approximate surface area is 155 Å². The Bertz CT molecular complexity index is 869. The number of hydrogen-bond donors (Lipinski definition) is 0. The summed E-state index contributed by atoms with van der Waals surface area (Å²) in [4.78, 5) is 13.9. The van der Waals surface area contributed by atoms with Gasteiger partial charge in [0.05, 0.1) is 11.9 Å². The third-order valence-corrected chi connectivity index (χ3v) is 4.28. The summed E-state index contributed by atoms with van der Waals surface area (Å²) in [6, 6.07) is 17.8. The van der Waals surface area contributed by atoms with E-state index in [-0.39, 0.29) is 5.91 Å². The van der Waals surface area contributed by atoms with Crippen molar-refractivity contribution in [2.75, 3.05) is 7.05 Å². The number of nitrogens with zero attached hydrogens (tertiary/aromatic N) is 3. The highest BCUT2D eigenvalue weighted by Crippen LogP contribution is 2.12. The van der Waals surface area contributed by atoms with Crippen molar-refractivity contribution in [3.63, 3.8) is 0 Å². The summed E-state index contributed by atoms with van der Waals surface area (Å²) in [5.41, 5.74) is 2.96. The lowest BCUT2D eigenvalue weighted by atomic mass is 10.2. The minimum atomic E-state index is -0.0459. The number of hydrogen-bond acceptors (Lipinski definition) is 2. The van der Waals surface area contributed by atoms with Crippen LogP contribution in [0.4, 0.5) is 0 Å². The van der Waals surface area contributed by atoms with Crippen LogP contribution in [0.25, 0.3) is 11.8 Å². The van der Waals surface area contributed by atoms with E-state index in [1.54, 1.807) is 35.0 Å². The van der Waals surface area contributed by atoms with Gasteiger partial charge in [-0.1, -0.05) is 46.3 Å². The quantitative estimate of drug-likeness (QED) is 0.603. The summed E-state index contributed by atoms with van der Waals surface area (Å²) in [6.45, 7) is 0.569. The Morgan fingerprint density at radius 1 is 1.16 bits per heavy atom. The van der Waals surface area contributed by atoms with Crippen LogP contribution in [0.5, 0.6) is 0 Å². The van der Waals surface area contributed by atoms with Gasteiger partial charge in [-0.3, -0.25) is 4.79 Å². The van der Waals surface area contributed by atoms with Crippen molar-refractivity contribution >= 4 is 27.9 Å². The zero-order valence-corrected chi connectivity index (χ0v) is 15.4. The van der Waals surface area contributed by atoms with E-state index in [9.17, 15) is 4.79 Å². The van der Waals surface area contributed by atoms with E-state index in [1.165, 1.54) is 0 Å². The molecule has 0 saturated heterocycles. The smallest absolute Gasteiger partial charge is 0.246 e. The maximum absolute atomic E-state index is 12.3. The van der Waals surface area contributed by atoms with Gasteiger partial charge in [-0.15, -0.1) is 0 Å². The van der Waals surface area contributed by atoms with Crippen molar-refractivity contribution in [1.82, 2.24) is 14.7 Å². The molecule has 0 bridgehead atoms. The van der Waals surface area contributed by atoms with E-state index in [2.05, 4.69) is 21.0 Å². The fourth-order valence-electron chi connectivity index (χ4n) is 2.38. The van der Waals surface area contributed by atoms with E-state index in [0.717, 1.165) is 21.3 Å². The highest BCUT2D eigenvalue weighted by Gasteiger charge is 2.06. The highest BCUT2D eigenvalue weighted by atomic mass is 79.9. The second-order valence-electron chi connectivity index (χ2n) is 5.71. The van der Waals surface area contributed by atoms with Crippen LogP contribution in [0.15, 0.2) is 77.5 Å². The first-order valence-electron chi connectivity index (χ1n) is 7.89. The van der Waals surface area contributed by atoms with Gasteiger partial charge in [0.25, 0.3) is 0 Å². The van der Waals surface area contributed by atoms with Crippen LogP contribution in [-0.2, 0) is 11.3 Å². The van der Waals surface area contributed by atoms with Crippen molar-refractivity contribution in [3.8, 4) is 5.69 Å². The first kappa shape index (κ1) is 17.2. The van der Waals surface area contributed by atoms with Crippen LogP contribution in [0.3, 0.4) is 0 Å². The van der Waals surface area contributed by atoms with Crippen molar-refractivity contribution in [2.45, 2.75) is 6.54 Å². The maximum atomic E-state index is 12.3. The second kappa shape index (κ2) is 7.94. The predicted molar refractivity (Wildman–Crippen MR) is 103 cm³/mol. The van der Waals surface area contributed by atoms with E-state index in [0.29, 0.717) is 6.54 Å². The van der Waals surface area contributed by atoms with Crippen LogP contribution < -0.4 is 0 Å². The first-order chi connectivity index (χ1) is 12.1. The van der Waals surface area contributed by atoms with Gasteiger partial charge in [-0.2, -0.15) is 5.10 Å². The molecular formula is C20H18BrN3O. The number of benzene rings is 2. The number of carbonyl (C=O) groups is 1. The molecule has 0 atom stereocenters. The van der Waals surface area contributed by atoms with Gasteiger partial charge in [0, 0.05) is 35.9 Å².